The molecule has 2 rings (SSSR count). The van der Waals surface area contributed by atoms with Crippen molar-refractivity contribution in [2.24, 2.45) is 0 Å². The van der Waals surface area contributed by atoms with E-state index in [1.165, 1.54) is 0 Å². The van der Waals surface area contributed by atoms with Crippen LogP contribution in [0.4, 0.5) is 0 Å². The van der Waals surface area contributed by atoms with Crippen molar-refractivity contribution >= 4 is 6.29 Å². The van der Waals surface area contributed by atoms with Gasteiger partial charge in [0.25, 0.3) is 0 Å². The lowest BCUT2D eigenvalue weighted by Gasteiger charge is -2.02. The van der Waals surface area contributed by atoms with Crippen molar-refractivity contribution in [3.8, 4) is 11.1 Å². The molecule has 3 heteroatoms. The Morgan fingerprint density at radius 2 is 1.71 bits per heavy atom. The summed E-state index contributed by atoms with van der Waals surface area (Å²) in [6.45, 7) is 0. The number of pyridine rings is 2. The Balaban J connectivity index is 2.57. The van der Waals surface area contributed by atoms with E-state index in [2.05, 4.69) is 9.97 Å². The molecule has 0 bridgehead atoms. The second kappa shape index (κ2) is 3.79. The summed E-state index contributed by atoms with van der Waals surface area (Å²) in [5, 5.41) is 0. The summed E-state index contributed by atoms with van der Waals surface area (Å²) in [5.74, 6) is 0. The van der Waals surface area contributed by atoms with Crippen molar-refractivity contribution in [3.63, 3.8) is 0 Å². The standard InChI is InChI=1S/C11H8N2O/c14-8-10-7-13-6-3-11(10)9-1-4-12-5-2-9/h1-8H. The van der Waals surface area contributed by atoms with E-state index in [1.54, 1.807) is 24.8 Å². The first kappa shape index (κ1) is 8.56. The summed E-state index contributed by atoms with van der Waals surface area (Å²) in [4.78, 5) is 18.6. The van der Waals surface area contributed by atoms with Crippen molar-refractivity contribution in [1.29, 1.82) is 0 Å². The Hall–Kier alpha value is -2.03. The number of nitrogens with zero attached hydrogens (tertiary/aromatic N) is 2. The minimum absolute atomic E-state index is 0.596. The van der Waals surface area contributed by atoms with Crippen molar-refractivity contribution < 1.29 is 4.79 Å². The second-order valence-electron chi connectivity index (χ2n) is 2.82. The Morgan fingerprint density at radius 3 is 2.43 bits per heavy atom. The highest BCUT2D eigenvalue weighted by molar-refractivity contribution is 5.86. The van der Waals surface area contributed by atoms with Gasteiger partial charge >= 0.3 is 0 Å². The lowest BCUT2D eigenvalue weighted by atomic mass is 10.0. The minimum Gasteiger partial charge on any atom is -0.298 e. The molecular formula is C11H8N2O. The van der Waals surface area contributed by atoms with Crippen molar-refractivity contribution in [3.05, 3.63) is 48.5 Å². The van der Waals surface area contributed by atoms with Crippen LogP contribution in [0.1, 0.15) is 10.4 Å². The zero-order valence-corrected chi connectivity index (χ0v) is 7.42. The molecule has 0 aliphatic rings. The van der Waals surface area contributed by atoms with E-state index in [0.717, 1.165) is 17.4 Å². The molecule has 3 nitrogen and oxygen atoms in total. The van der Waals surface area contributed by atoms with E-state index < -0.39 is 0 Å². The van der Waals surface area contributed by atoms with Gasteiger partial charge in [-0.15, -0.1) is 0 Å². The third-order valence-electron chi connectivity index (χ3n) is 1.97. The van der Waals surface area contributed by atoms with Gasteiger partial charge in [0.2, 0.25) is 0 Å². The first-order chi connectivity index (χ1) is 6.92. The Kier molecular flexibility index (Phi) is 2.32. The monoisotopic (exact) mass is 184 g/mol. The molecule has 0 N–H and O–H groups in total. The lowest BCUT2D eigenvalue weighted by molar-refractivity contribution is 0.112. The Morgan fingerprint density at radius 1 is 1.00 bits per heavy atom. The van der Waals surface area contributed by atoms with Crippen LogP contribution < -0.4 is 0 Å². The van der Waals surface area contributed by atoms with Gasteiger partial charge in [0.05, 0.1) is 0 Å². The van der Waals surface area contributed by atoms with Gasteiger partial charge in [-0.2, -0.15) is 0 Å². The SMILES string of the molecule is O=Cc1cnccc1-c1ccncc1. The quantitative estimate of drug-likeness (QED) is 0.670. The molecule has 0 aromatic carbocycles. The van der Waals surface area contributed by atoms with E-state index in [0.29, 0.717) is 5.56 Å². The highest BCUT2D eigenvalue weighted by Gasteiger charge is 2.02. The summed E-state index contributed by atoms with van der Waals surface area (Å²) < 4.78 is 0. The topological polar surface area (TPSA) is 42.9 Å². The third kappa shape index (κ3) is 1.52. The zero-order chi connectivity index (χ0) is 9.80. The summed E-state index contributed by atoms with van der Waals surface area (Å²) in [6.07, 6.45) is 7.43. The molecule has 0 radical (unpaired) electrons. The van der Waals surface area contributed by atoms with Crippen LogP contribution in [0.3, 0.4) is 0 Å². The number of hydrogen-bond donors (Lipinski definition) is 0. The Labute approximate surface area is 81.5 Å². The molecule has 0 amide bonds. The van der Waals surface area contributed by atoms with Gasteiger partial charge in [0, 0.05) is 30.4 Å². The first-order valence-corrected chi connectivity index (χ1v) is 4.21. The van der Waals surface area contributed by atoms with Gasteiger partial charge in [0.1, 0.15) is 0 Å². The van der Waals surface area contributed by atoms with Gasteiger partial charge in [-0.25, -0.2) is 0 Å². The maximum absolute atomic E-state index is 10.7. The minimum atomic E-state index is 0.596. The molecule has 0 aliphatic carbocycles. The predicted molar refractivity (Wildman–Crippen MR) is 52.9 cm³/mol. The molecule has 0 spiro atoms. The van der Waals surface area contributed by atoms with Gasteiger partial charge in [-0.3, -0.25) is 14.8 Å². The van der Waals surface area contributed by atoms with Crippen LogP contribution in [0.15, 0.2) is 43.0 Å². The molecular weight excluding hydrogens is 176 g/mol. The van der Waals surface area contributed by atoms with E-state index in [1.807, 2.05) is 18.2 Å². The largest absolute Gasteiger partial charge is 0.298 e. The highest BCUT2D eigenvalue weighted by Crippen LogP contribution is 2.20. The van der Waals surface area contributed by atoms with Crippen LogP contribution in [-0.4, -0.2) is 16.3 Å². The summed E-state index contributed by atoms with van der Waals surface area (Å²) in [7, 11) is 0. The van der Waals surface area contributed by atoms with Crippen LogP contribution in [0.25, 0.3) is 11.1 Å². The van der Waals surface area contributed by atoms with Crippen LogP contribution in [0.5, 0.6) is 0 Å². The highest BCUT2D eigenvalue weighted by atomic mass is 16.1. The summed E-state index contributed by atoms with van der Waals surface area (Å²) in [5.41, 5.74) is 2.46. The van der Waals surface area contributed by atoms with Crippen LogP contribution in [0.2, 0.25) is 0 Å². The molecule has 14 heavy (non-hydrogen) atoms. The molecule has 0 fully saturated rings. The number of aldehydes is 1. The third-order valence-corrected chi connectivity index (χ3v) is 1.97. The number of aromatic nitrogens is 2. The summed E-state index contributed by atoms with van der Waals surface area (Å²) in [6, 6.07) is 5.55. The van der Waals surface area contributed by atoms with Gasteiger partial charge in [-0.05, 0) is 29.3 Å². The van der Waals surface area contributed by atoms with Gasteiger partial charge < -0.3 is 0 Å². The first-order valence-electron chi connectivity index (χ1n) is 4.21. The van der Waals surface area contributed by atoms with Crippen LogP contribution >= 0.6 is 0 Å². The molecule has 0 saturated heterocycles. The lowest BCUT2D eigenvalue weighted by Crippen LogP contribution is -1.88. The van der Waals surface area contributed by atoms with Gasteiger partial charge in [-0.1, -0.05) is 0 Å². The summed E-state index contributed by atoms with van der Waals surface area (Å²) >= 11 is 0. The number of hydrogen-bond acceptors (Lipinski definition) is 3. The van der Waals surface area contributed by atoms with Crippen molar-refractivity contribution in [2.75, 3.05) is 0 Å². The maximum Gasteiger partial charge on any atom is 0.152 e. The van der Waals surface area contributed by atoms with E-state index in [4.69, 9.17) is 0 Å². The molecule has 0 atom stereocenters. The fourth-order valence-corrected chi connectivity index (χ4v) is 1.29. The molecule has 0 aliphatic heterocycles. The molecule has 2 heterocycles. The molecule has 0 unspecified atom stereocenters. The number of carbonyl (C=O) groups excluding carboxylic acids is 1. The predicted octanol–water partition coefficient (Wildman–Crippen LogP) is 1.96. The number of carbonyl (C=O) groups is 1. The van der Waals surface area contributed by atoms with E-state index in [-0.39, 0.29) is 0 Å². The van der Waals surface area contributed by atoms with Crippen LogP contribution in [0, 0.1) is 0 Å². The average Bonchev–Trinajstić information content (AvgIpc) is 2.30. The fourth-order valence-electron chi connectivity index (χ4n) is 1.29. The second-order valence-corrected chi connectivity index (χ2v) is 2.82. The normalized spacial score (nSPS) is 9.71. The van der Waals surface area contributed by atoms with E-state index >= 15 is 0 Å². The van der Waals surface area contributed by atoms with Crippen LogP contribution in [-0.2, 0) is 0 Å². The Bertz CT molecular complexity index is 440. The molecule has 2 aromatic heterocycles. The smallest absolute Gasteiger partial charge is 0.152 e. The zero-order valence-electron chi connectivity index (χ0n) is 7.42. The molecule has 68 valence electrons. The fraction of sp³-hybridized carbons (Fsp3) is 0. The number of rotatable bonds is 2. The van der Waals surface area contributed by atoms with Gasteiger partial charge in [0.15, 0.2) is 6.29 Å². The average molecular weight is 184 g/mol. The maximum atomic E-state index is 10.7. The molecule has 2 aromatic rings. The molecule has 0 saturated carbocycles. The van der Waals surface area contributed by atoms with E-state index in [9.17, 15) is 4.79 Å². The van der Waals surface area contributed by atoms with Crippen molar-refractivity contribution in [1.82, 2.24) is 9.97 Å². The van der Waals surface area contributed by atoms with Crippen molar-refractivity contribution in [2.45, 2.75) is 0 Å².